The topological polar surface area (TPSA) is 55.5 Å². The van der Waals surface area contributed by atoms with Crippen LogP contribution in [0.1, 0.15) is 49.0 Å². The second kappa shape index (κ2) is 8.72. The Hall–Kier alpha value is -1.26. The molecule has 0 radical (unpaired) electrons. The highest BCUT2D eigenvalue weighted by Gasteiger charge is 2.20. The van der Waals surface area contributed by atoms with Crippen LogP contribution >= 0.6 is 24.0 Å². The van der Waals surface area contributed by atoms with Crippen LogP contribution in [-0.2, 0) is 0 Å². The first-order valence-electron chi connectivity index (χ1n) is 8.09. The number of rotatable bonds is 5. The van der Waals surface area contributed by atoms with Gasteiger partial charge in [0.1, 0.15) is 5.75 Å². The van der Waals surface area contributed by atoms with Crippen LogP contribution < -0.4 is 10.5 Å². The van der Waals surface area contributed by atoms with Crippen LogP contribution in [0.4, 0.5) is 0 Å². The first-order valence-corrected chi connectivity index (χ1v) is 8.47. The molecule has 3 rings (SSSR count). The summed E-state index contributed by atoms with van der Waals surface area (Å²) in [5.41, 5.74) is 7.80. The summed E-state index contributed by atoms with van der Waals surface area (Å²) in [4.78, 5) is 0. The molecule has 24 heavy (non-hydrogen) atoms. The van der Waals surface area contributed by atoms with Crippen molar-refractivity contribution in [3.05, 3.63) is 64.7 Å². The SMILES string of the molecule is Cl.N[C@H](c1ccc(Cl)cc1)[C@@H](O)c1ccc(OC2CCCC2)cc1. The zero-order valence-corrected chi connectivity index (χ0v) is 15.0. The molecule has 1 saturated carbocycles. The third-order valence-corrected chi connectivity index (χ3v) is 4.67. The molecular weight excluding hydrogens is 345 g/mol. The summed E-state index contributed by atoms with van der Waals surface area (Å²) in [6.45, 7) is 0. The van der Waals surface area contributed by atoms with E-state index in [1.807, 2.05) is 36.4 Å². The first kappa shape index (κ1) is 19.1. The molecule has 2 aromatic rings. The molecule has 1 aliphatic rings. The van der Waals surface area contributed by atoms with Gasteiger partial charge in [-0.05, 0) is 61.1 Å². The normalized spacial score (nSPS) is 17.1. The Labute approximate surface area is 154 Å². The van der Waals surface area contributed by atoms with Crippen LogP contribution in [0.25, 0.3) is 0 Å². The molecule has 5 heteroatoms. The smallest absolute Gasteiger partial charge is 0.119 e. The summed E-state index contributed by atoms with van der Waals surface area (Å²) in [7, 11) is 0. The van der Waals surface area contributed by atoms with Gasteiger partial charge in [-0.1, -0.05) is 35.9 Å². The standard InChI is InChI=1S/C19H22ClNO2.ClH/c20-15-9-5-13(6-10-15)18(21)19(22)14-7-11-17(12-8-14)23-16-3-1-2-4-16;/h5-12,16,18-19,22H,1-4,21H2;1H/t18-,19+;/m1./s1. The zero-order valence-electron chi connectivity index (χ0n) is 13.4. The van der Waals surface area contributed by atoms with E-state index >= 15 is 0 Å². The van der Waals surface area contributed by atoms with Crippen LogP contribution in [0.5, 0.6) is 5.75 Å². The lowest BCUT2D eigenvalue weighted by Gasteiger charge is -2.20. The Kier molecular flexibility index (Phi) is 6.93. The zero-order chi connectivity index (χ0) is 16.2. The predicted octanol–water partition coefficient (Wildman–Crippen LogP) is 4.82. The van der Waals surface area contributed by atoms with Gasteiger partial charge in [0.05, 0.1) is 18.2 Å². The van der Waals surface area contributed by atoms with Crippen LogP contribution in [-0.4, -0.2) is 11.2 Å². The molecule has 0 aromatic heterocycles. The highest BCUT2D eigenvalue weighted by molar-refractivity contribution is 6.30. The van der Waals surface area contributed by atoms with E-state index in [1.165, 1.54) is 12.8 Å². The number of aliphatic hydroxyl groups is 1. The Morgan fingerprint density at radius 3 is 2.08 bits per heavy atom. The van der Waals surface area contributed by atoms with Crippen molar-refractivity contribution >= 4 is 24.0 Å². The number of hydrogen-bond donors (Lipinski definition) is 2. The van der Waals surface area contributed by atoms with Crippen molar-refractivity contribution in [2.45, 2.75) is 43.9 Å². The highest BCUT2D eigenvalue weighted by Crippen LogP contribution is 2.30. The third kappa shape index (κ3) is 4.64. The predicted molar refractivity (Wildman–Crippen MR) is 99.9 cm³/mol. The summed E-state index contributed by atoms with van der Waals surface area (Å²) >= 11 is 5.88. The Morgan fingerprint density at radius 2 is 1.50 bits per heavy atom. The maximum atomic E-state index is 10.5. The average Bonchev–Trinajstić information content (AvgIpc) is 3.08. The van der Waals surface area contributed by atoms with Crippen molar-refractivity contribution in [3.8, 4) is 5.75 Å². The fourth-order valence-corrected chi connectivity index (χ4v) is 3.14. The average molecular weight is 368 g/mol. The molecule has 0 spiro atoms. The van der Waals surface area contributed by atoms with Gasteiger partial charge >= 0.3 is 0 Å². The minimum absolute atomic E-state index is 0. The van der Waals surface area contributed by atoms with Gasteiger partial charge in [-0.15, -0.1) is 12.4 Å². The van der Waals surface area contributed by atoms with E-state index in [-0.39, 0.29) is 12.4 Å². The first-order chi connectivity index (χ1) is 11.1. The van der Waals surface area contributed by atoms with Crippen molar-refractivity contribution in [1.82, 2.24) is 0 Å². The molecule has 1 aliphatic carbocycles. The number of nitrogens with two attached hydrogens (primary N) is 1. The van der Waals surface area contributed by atoms with Gasteiger partial charge in [-0.25, -0.2) is 0 Å². The molecule has 0 saturated heterocycles. The Bertz CT molecular complexity index is 625. The number of ether oxygens (including phenoxy) is 1. The fraction of sp³-hybridized carbons (Fsp3) is 0.368. The lowest BCUT2D eigenvalue weighted by molar-refractivity contribution is 0.146. The van der Waals surface area contributed by atoms with Gasteiger partial charge in [0.25, 0.3) is 0 Å². The molecule has 0 amide bonds. The van der Waals surface area contributed by atoms with E-state index < -0.39 is 12.1 Å². The number of aliphatic hydroxyl groups excluding tert-OH is 1. The lowest BCUT2D eigenvalue weighted by atomic mass is 9.96. The van der Waals surface area contributed by atoms with Gasteiger partial charge in [0.2, 0.25) is 0 Å². The van der Waals surface area contributed by atoms with Gasteiger partial charge in [0.15, 0.2) is 0 Å². The minimum Gasteiger partial charge on any atom is -0.490 e. The summed E-state index contributed by atoms with van der Waals surface area (Å²) < 4.78 is 5.94. The maximum absolute atomic E-state index is 10.5. The maximum Gasteiger partial charge on any atom is 0.119 e. The molecule has 3 N–H and O–H groups in total. The van der Waals surface area contributed by atoms with Crippen molar-refractivity contribution in [3.63, 3.8) is 0 Å². The highest BCUT2D eigenvalue weighted by atomic mass is 35.5. The molecular formula is C19H23Cl2NO2. The van der Waals surface area contributed by atoms with Crippen LogP contribution in [0, 0.1) is 0 Å². The van der Waals surface area contributed by atoms with E-state index in [0.717, 1.165) is 29.7 Å². The number of hydrogen-bond acceptors (Lipinski definition) is 3. The van der Waals surface area contributed by atoms with Crippen molar-refractivity contribution < 1.29 is 9.84 Å². The van der Waals surface area contributed by atoms with E-state index in [9.17, 15) is 5.11 Å². The largest absolute Gasteiger partial charge is 0.490 e. The van der Waals surface area contributed by atoms with Gasteiger partial charge < -0.3 is 15.6 Å². The quantitative estimate of drug-likeness (QED) is 0.796. The molecule has 0 heterocycles. The summed E-state index contributed by atoms with van der Waals surface area (Å²) in [6.07, 6.45) is 4.32. The van der Waals surface area contributed by atoms with Crippen LogP contribution in [0.2, 0.25) is 5.02 Å². The minimum atomic E-state index is -0.767. The van der Waals surface area contributed by atoms with E-state index in [4.69, 9.17) is 22.1 Å². The van der Waals surface area contributed by atoms with Crippen LogP contribution in [0.3, 0.4) is 0 Å². The van der Waals surface area contributed by atoms with E-state index in [1.54, 1.807) is 12.1 Å². The van der Waals surface area contributed by atoms with Crippen molar-refractivity contribution in [2.24, 2.45) is 5.73 Å². The lowest BCUT2D eigenvalue weighted by Crippen LogP contribution is -2.19. The van der Waals surface area contributed by atoms with Crippen LogP contribution in [0.15, 0.2) is 48.5 Å². The molecule has 130 valence electrons. The molecule has 0 aliphatic heterocycles. The monoisotopic (exact) mass is 367 g/mol. The molecule has 2 atom stereocenters. The molecule has 3 nitrogen and oxygen atoms in total. The fourth-order valence-electron chi connectivity index (χ4n) is 3.02. The molecule has 2 aromatic carbocycles. The van der Waals surface area contributed by atoms with E-state index in [0.29, 0.717) is 11.1 Å². The van der Waals surface area contributed by atoms with Gasteiger partial charge in [-0.3, -0.25) is 0 Å². The second-order valence-corrected chi connectivity index (χ2v) is 6.55. The van der Waals surface area contributed by atoms with E-state index in [2.05, 4.69) is 0 Å². The summed E-state index contributed by atoms with van der Waals surface area (Å²) in [6, 6.07) is 14.3. The summed E-state index contributed by atoms with van der Waals surface area (Å²) in [5.74, 6) is 0.855. The third-order valence-electron chi connectivity index (χ3n) is 4.42. The number of benzene rings is 2. The van der Waals surface area contributed by atoms with Crippen molar-refractivity contribution in [2.75, 3.05) is 0 Å². The molecule has 1 fully saturated rings. The Morgan fingerprint density at radius 1 is 0.958 bits per heavy atom. The van der Waals surface area contributed by atoms with Gasteiger partial charge in [-0.2, -0.15) is 0 Å². The number of halogens is 2. The summed E-state index contributed by atoms with van der Waals surface area (Å²) in [5, 5.41) is 11.1. The Balaban J connectivity index is 0.00000208. The van der Waals surface area contributed by atoms with Crippen molar-refractivity contribution in [1.29, 1.82) is 0 Å². The second-order valence-electron chi connectivity index (χ2n) is 6.12. The van der Waals surface area contributed by atoms with Gasteiger partial charge in [0, 0.05) is 5.02 Å². The molecule has 0 bridgehead atoms. The molecule has 0 unspecified atom stereocenters.